The van der Waals surface area contributed by atoms with Crippen LogP contribution in [0.3, 0.4) is 0 Å². The molecule has 25 heavy (non-hydrogen) atoms. The first-order chi connectivity index (χ1) is 12.2. The zero-order valence-electron chi connectivity index (χ0n) is 13.1. The highest BCUT2D eigenvalue weighted by atomic mass is 79.9. The highest BCUT2D eigenvalue weighted by molar-refractivity contribution is 9.10. The van der Waals surface area contributed by atoms with Gasteiger partial charge in [0, 0.05) is 30.5 Å². The quantitative estimate of drug-likeness (QED) is 0.254. The standard InChI is InChI=1S/C22H12BrClS/c23-21-20-14-6-2-1-5-13(14)9-12-19(20)25-22(21)17-10-11-18(24)16-8-4-3-7-15(16)17/h1-12H. The first kappa shape index (κ1) is 15.4. The minimum Gasteiger partial charge on any atom is -0.134 e. The Bertz CT molecular complexity index is 1270. The molecule has 5 aromatic rings. The monoisotopic (exact) mass is 422 g/mol. The van der Waals surface area contributed by atoms with E-state index in [1.54, 1.807) is 0 Å². The summed E-state index contributed by atoms with van der Waals surface area (Å²) in [7, 11) is 0. The highest BCUT2D eigenvalue weighted by Gasteiger charge is 2.16. The molecule has 120 valence electrons. The Hall–Kier alpha value is -1.87. The fourth-order valence-corrected chi connectivity index (χ4v) is 5.86. The molecule has 0 unspecified atom stereocenters. The van der Waals surface area contributed by atoms with E-state index in [0.29, 0.717) is 0 Å². The van der Waals surface area contributed by atoms with Crippen molar-refractivity contribution in [2.45, 2.75) is 0 Å². The molecule has 1 aromatic heterocycles. The molecule has 1 heterocycles. The first-order valence-corrected chi connectivity index (χ1v) is 10.00. The van der Waals surface area contributed by atoms with Crippen molar-refractivity contribution < 1.29 is 0 Å². The van der Waals surface area contributed by atoms with Gasteiger partial charge in [-0.2, -0.15) is 0 Å². The largest absolute Gasteiger partial charge is 0.134 e. The molecule has 0 saturated carbocycles. The van der Waals surface area contributed by atoms with Gasteiger partial charge in [0.1, 0.15) is 0 Å². The fraction of sp³-hybridized carbons (Fsp3) is 0. The van der Waals surface area contributed by atoms with Crippen LogP contribution < -0.4 is 0 Å². The lowest BCUT2D eigenvalue weighted by Crippen LogP contribution is -1.80. The van der Waals surface area contributed by atoms with Gasteiger partial charge in [0.15, 0.2) is 0 Å². The molecule has 0 aliphatic rings. The van der Waals surface area contributed by atoms with Crippen LogP contribution in [0, 0.1) is 0 Å². The van der Waals surface area contributed by atoms with Gasteiger partial charge in [0.05, 0.1) is 4.88 Å². The number of rotatable bonds is 1. The van der Waals surface area contributed by atoms with E-state index >= 15 is 0 Å². The molecule has 0 aliphatic carbocycles. The molecule has 0 aliphatic heterocycles. The third kappa shape index (κ3) is 2.32. The van der Waals surface area contributed by atoms with Gasteiger partial charge in [0.2, 0.25) is 0 Å². The smallest absolute Gasteiger partial charge is 0.0504 e. The van der Waals surface area contributed by atoms with E-state index < -0.39 is 0 Å². The van der Waals surface area contributed by atoms with Crippen LogP contribution in [-0.2, 0) is 0 Å². The number of thiophene rings is 1. The average molecular weight is 424 g/mol. The topological polar surface area (TPSA) is 0 Å². The van der Waals surface area contributed by atoms with E-state index in [2.05, 4.69) is 76.6 Å². The maximum Gasteiger partial charge on any atom is 0.0504 e. The van der Waals surface area contributed by atoms with E-state index in [4.69, 9.17) is 11.6 Å². The van der Waals surface area contributed by atoms with Gasteiger partial charge >= 0.3 is 0 Å². The van der Waals surface area contributed by atoms with Crippen molar-refractivity contribution in [3.8, 4) is 10.4 Å². The van der Waals surface area contributed by atoms with Crippen molar-refractivity contribution in [2.75, 3.05) is 0 Å². The zero-order valence-corrected chi connectivity index (χ0v) is 16.3. The minimum absolute atomic E-state index is 0.794. The summed E-state index contributed by atoms with van der Waals surface area (Å²) >= 11 is 12.1. The van der Waals surface area contributed by atoms with Gasteiger partial charge in [0.25, 0.3) is 0 Å². The van der Waals surface area contributed by atoms with Crippen LogP contribution in [0.2, 0.25) is 5.02 Å². The van der Waals surface area contributed by atoms with Crippen molar-refractivity contribution in [3.63, 3.8) is 0 Å². The molecular weight excluding hydrogens is 412 g/mol. The van der Waals surface area contributed by atoms with E-state index in [0.717, 1.165) is 14.9 Å². The average Bonchev–Trinajstić information content (AvgIpc) is 2.99. The van der Waals surface area contributed by atoms with E-state index in [9.17, 15) is 0 Å². The Morgan fingerprint density at radius 2 is 1.44 bits per heavy atom. The van der Waals surface area contributed by atoms with Crippen molar-refractivity contribution in [2.24, 2.45) is 0 Å². The number of fused-ring (bicyclic) bond motifs is 4. The third-order valence-electron chi connectivity index (χ3n) is 4.64. The SMILES string of the molecule is Clc1ccc(-c2sc3ccc4ccccc4c3c2Br)c2ccccc12. The Kier molecular flexibility index (Phi) is 3.60. The van der Waals surface area contributed by atoms with Crippen LogP contribution in [0.4, 0.5) is 0 Å². The lowest BCUT2D eigenvalue weighted by Gasteiger charge is -2.07. The molecular formula is C22H12BrClS. The zero-order chi connectivity index (χ0) is 17.0. The van der Waals surface area contributed by atoms with Gasteiger partial charge in [-0.05, 0) is 44.2 Å². The molecule has 3 heteroatoms. The minimum atomic E-state index is 0.794. The van der Waals surface area contributed by atoms with Crippen molar-refractivity contribution in [1.29, 1.82) is 0 Å². The number of benzene rings is 4. The van der Waals surface area contributed by atoms with Gasteiger partial charge < -0.3 is 0 Å². The third-order valence-corrected chi connectivity index (χ3v) is 7.21. The molecule has 0 amide bonds. The molecule has 0 radical (unpaired) electrons. The van der Waals surface area contributed by atoms with E-state index in [1.165, 1.54) is 36.7 Å². The second-order valence-electron chi connectivity index (χ2n) is 6.05. The molecule has 0 bridgehead atoms. The first-order valence-electron chi connectivity index (χ1n) is 8.01. The number of halogens is 2. The van der Waals surface area contributed by atoms with Gasteiger partial charge in [-0.25, -0.2) is 0 Å². The lowest BCUT2D eigenvalue weighted by molar-refractivity contribution is 1.73. The van der Waals surface area contributed by atoms with Crippen LogP contribution in [-0.4, -0.2) is 0 Å². The van der Waals surface area contributed by atoms with Crippen molar-refractivity contribution in [3.05, 3.63) is 82.3 Å². The van der Waals surface area contributed by atoms with Crippen molar-refractivity contribution in [1.82, 2.24) is 0 Å². The Balaban J connectivity index is 1.90. The molecule has 0 spiro atoms. The van der Waals surface area contributed by atoms with Crippen LogP contribution in [0.1, 0.15) is 0 Å². The Morgan fingerprint density at radius 1 is 0.720 bits per heavy atom. The van der Waals surface area contributed by atoms with Gasteiger partial charge in [-0.3, -0.25) is 0 Å². The number of hydrogen-bond acceptors (Lipinski definition) is 1. The molecule has 0 fully saturated rings. The van der Waals surface area contributed by atoms with E-state index in [1.807, 2.05) is 23.5 Å². The van der Waals surface area contributed by atoms with Crippen LogP contribution in [0.15, 0.2) is 77.3 Å². The highest BCUT2D eigenvalue weighted by Crippen LogP contribution is 2.47. The van der Waals surface area contributed by atoms with Crippen LogP contribution in [0.5, 0.6) is 0 Å². The normalized spacial score (nSPS) is 11.6. The Morgan fingerprint density at radius 3 is 2.28 bits per heavy atom. The van der Waals surface area contributed by atoms with Crippen LogP contribution in [0.25, 0.3) is 42.1 Å². The van der Waals surface area contributed by atoms with Crippen LogP contribution >= 0.6 is 38.9 Å². The second kappa shape index (κ2) is 5.84. The maximum absolute atomic E-state index is 6.40. The predicted octanol–water partition coefficient (Wildman–Crippen LogP) is 8.29. The summed E-state index contributed by atoms with van der Waals surface area (Å²) in [5.41, 5.74) is 1.22. The summed E-state index contributed by atoms with van der Waals surface area (Å²) in [5.74, 6) is 0. The maximum atomic E-state index is 6.40. The summed E-state index contributed by atoms with van der Waals surface area (Å²) < 4.78 is 2.45. The molecule has 5 rings (SSSR count). The predicted molar refractivity (Wildman–Crippen MR) is 115 cm³/mol. The number of hydrogen-bond donors (Lipinski definition) is 0. The summed E-state index contributed by atoms with van der Waals surface area (Å²) in [6, 6.07) is 25.4. The summed E-state index contributed by atoms with van der Waals surface area (Å²) in [6.07, 6.45) is 0. The molecule has 0 saturated heterocycles. The summed E-state index contributed by atoms with van der Waals surface area (Å²) in [5, 5.41) is 6.91. The fourth-order valence-electron chi connectivity index (χ4n) is 3.46. The Labute approximate surface area is 162 Å². The molecule has 0 atom stereocenters. The molecule has 0 N–H and O–H groups in total. The molecule has 4 aromatic carbocycles. The van der Waals surface area contributed by atoms with Gasteiger partial charge in [-0.15, -0.1) is 11.3 Å². The molecule has 0 nitrogen and oxygen atoms in total. The second-order valence-corrected chi connectivity index (χ2v) is 8.30. The van der Waals surface area contributed by atoms with E-state index in [-0.39, 0.29) is 0 Å². The van der Waals surface area contributed by atoms with Gasteiger partial charge in [-0.1, -0.05) is 72.3 Å². The van der Waals surface area contributed by atoms with Crippen molar-refractivity contribution >= 4 is 70.5 Å². The summed E-state index contributed by atoms with van der Waals surface area (Å²) in [6.45, 7) is 0. The lowest BCUT2D eigenvalue weighted by atomic mass is 10.0. The summed E-state index contributed by atoms with van der Waals surface area (Å²) in [4.78, 5) is 1.25.